The van der Waals surface area contributed by atoms with Gasteiger partial charge in [0.15, 0.2) is 0 Å². The number of nitrogens with one attached hydrogen (secondary N) is 1. The van der Waals surface area contributed by atoms with E-state index in [1.807, 2.05) is 36.4 Å². The van der Waals surface area contributed by atoms with Crippen LogP contribution in [0.2, 0.25) is 5.02 Å². The lowest BCUT2D eigenvalue weighted by atomic mass is 10.00. The van der Waals surface area contributed by atoms with Crippen molar-refractivity contribution in [1.82, 2.24) is 0 Å². The van der Waals surface area contributed by atoms with Gasteiger partial charge in [0, 0.05) is 16.6 Å². The SMILES string of the molecule is C=C(C)Oc1c(C(C#N)Nc2ccc(F)c(Cl)c2)ccc2ccccc12. The Kier molecular flexibility index (Phi) is 5.11. The minimum Gasteiger partial charge on any atom is -0.462 e. The van der Waals surface area contributed by atoms with Crippen LogP contribution in [0.3, 0.4) is 0 Å². The average Bonchev–Trinajstić information content (AvgIpc) is 2.63. The lowest BCUT2D eigenvalue weighted by molar-refractivity contribution is 0.430. The standard InChI is InChI=1S/C21H16ClFN2O/c1-13(2)26-21-16-6-4-3-5-14(16)7-9-17(21)20(12-24)25-15-8-10-19(23)18(22)11-15/h3-11,20,25H,1H2,2H3. The topological polar surface area (TPSA) is 45.0 Å². The molecule has 26 heavy (non-hydrogen) atoms. The molecule has 0 amide bonds. The van der Waals surface area contributed by atoms with E-state index in [-0.39, 0.29) is 5.02 Å². The molecule has 0 aliphatic rings. The fraction of sp³-hybridized carbons (Fsp3) is 0.0952. The molecule has 0 radical (unpaired) electrons. The number of hydrogen-bond acceptors (Lipinski definition) is 3. The number of anilines is 1. The molecule has 0 saturated heterocycles. The minimum absolute atomic E-state index is 0.0105. The summed E-state index contributed by atoms with van der Waals surface area (Å²) in [4.78, 5) is 0. The normalized spacial score (nSPS) is 11.6. The molecule has 0 aromatic heterocycles. The van der Waals surface area contributed by atoms with Crippen LogP contribution in [0.1, 0.15) is 18.5 Å². The van der Waals surface area contributed by atoms with Gasteiger partial charge in [-0.1, -0.05) is 54.6 Å². The Morgan fingerprint density at radius 3 is 2.69 bits per heavy atom. The number of halogens is 2. The summed E-state index contributed by atoms with van der Waals surface area (Å²) in [5.41, 5.74) is 1.20. The summed E-state index contributed by atoms with van der Waals surface area (Å²) >= 11 is 5.83. The first-order valence-corrected chi connectivity index (χ1v) is 8.33. The predicted octanol–water partition coefficient (Wildman–Crippen LogP) is 6.22. The van der Waals surface area contributed by atoms with Crippen molar-refractivity contribution in [3.05, 3.63) is 83.3 Å². The van der Waals surface area contributed by atoms with Crippen molar-refractivity contribution in [2.45, 2.75) is 13.0 Å². The summed E-state index contributed by atoms with van der Waals surface area (Å²) in [7, 11) is 0. The van der Waals surface area contributed by atoms with Crippen molar-refractivity contribution in [2.75, 3.05) is 5.32 Å². The second kappa shape index (κ2) is 7.47. The van der Waals surface area contributed by atoms with Gasteiger partial charge in [0.1, 0.15) is 17.6 Å². The van der Waals surface area contributed by atoms with E-state index < -0.39 is 11.9 Å². The Hall–Kier alpha value is -3.03. The van der Waals surface area contributed by atoms with E-state index in [9.17, 15) is 9.65 Å². The van der Waals surface area contributed by atoms with Crippen LogP contribution in [0.15, 0.2) is 66.9 Å². The van der Waals surface area contributed by atoms with E-state index in [2.05, 4.69) is 18.0 Å². The fourth-order valence-electron chi connectivity index (χ4n) is 2.71. The molecule has 1 unspecified atom stereocenters. The van der Waals surface area contributed by atoms with Crippen molar-refractivity contribution < 1.29 is 9.13 Å². The molecule has 0 spiro atoms. The maximum absolute atomic E-state index is 13.4. The van der Waals surface area contributed by atoms with Gasteiger partial charge < -0.3 is 10.1 Å². The van der Waals surface area contributed by atoms with Crippen molar-refractivity contribution in [3.63, 3.8) is 0 Å². The van der Waals surface area contributed by atoms with E-state index >= 15 is 0 Å². The van der Waals surface area contributed by atoms with Crippen LogP contribution in [-0.4, -0.2) is 0 Å². The molecule has 0 heterocycles. The van der Waals surface area contributed by atoms with Crippen LogP contribution >= 0.6 is 11.6 Å². The monoisotopic (exact) mass is 366 g/mol. The molecular weight excluding hydrogens is 351 g/mol. The number of fused-ring (bicyclic) bond motifs is 1. The van der Waals surface area contributed by atoms with Crippen LogP contribution in [0.4, 0.5) is 10.1 Å². The van der Waals surface area contributed by atoms with Gasteiger partial charge >= 0.3 is 0 Å². The third-order valence-corrected chi connectivity index (χ3v) is 4.15. The van der Waals surface area contributed by atoms with Gasteiger partial charge in [0.2, 0.25) is 0 Å². The number of allylic oxidation sites excluding steroid dienone is 1. The smallest absolute Gasteiger partial charge is 0.143 e. The highest BCUT2D eigenvalue weighted by Crippen LogP contribution is 2.36. The second-order valence-electron chi connectivity index (χ2n) is 5.84. The highest BCUT2D eigenvalue weighted by molar-refractivity contribution is 6.31. The first kappa shape index (κ1) is 17.8. The van der Waals surface area contributed by atoms with E-state index in [1.165, 1.54) is 18.2 Å². The summed E-state index contributed by atoms with van der Waals surface area (Å²) in [6.07, 6.45) is 0. The van der Waals surface area contributed by atoms with E-state index in [1.54, 1.807) is 6.92 Å². The molecule has 3 nitrogen and oxygen atoms in total. The summed E-state index contributed by atoms with van der Waals surface area (Å²) < 4.78 is 19.2. The van der Waals surface area contributed by atoms with Gasteiger partial charge in [-0.2, -0.15) is 5.26 Å². The number of hydrogen-bond donors (Lipinski definition) is 1. The zero-order chi connectivity index (χ0) is 18.7. The van der Waals surface area contributed by atoms with Crippen LogP contribution in [0.5, 0.6) is 5.75 Å². The summed E-state index contributed by atoms with van der Waals surface area (Å²) in [5.74, 6) is 0.578. The third-order valence-electron chi connectivity index (χ3n) is 3.86. The van der Waals surface area contributed by atoms with Gasteiger partial charge in [-0.3, -0.25) is 0 Å². The molecule has 0 aliphatic carbocycles. The Labute approximate surface area is 156 Å². The highest BCUT2D eigenvalue weighted by Gasteiger charge is 2.19. The summed E-state index contributed by atoms with van der Waals surface area (Å²) in [6, 6.07) is 17.3. The van der Waals surface area contributed by atoms with Gasteiger partial charge in [-0.15, -0.1) is 0 Å². The summed E-state index contributed by atoms with van der Waals surface area (Å²) in [6.45, 7) is 5.55. The lowest BCUT2D eigenvalue weighted by Crippen LogP contribution is -2.10. The Balaban J connectivity index is 2.07. The van der Waals surface area contributed by atoms with Crippen molar-refractivity contribution in [1.29, 1.82) is 5.26 Å². The number of nitriles is 1. The largest absolute Gasteiger partial charge is 0.462 e. The number of benzene rings is 3. The van der Waals surface area contributed by atoms with Crippen LogP contribution in [0, 0.1) is 17.1 Å². The fourth-order valence-corrected chi connectivity index (χ4v) is 2.89. The van der Waals surface area contributed by atoms with Crippen molar-refractivity contribution in [2.24, 2.45) is 0 Å². The maximum Gasteiger partial charge on any atom is 0.143 e. The molecule has 0 fully saturated rings. The molecule has 130 valence electrons. The molecule has 1 atom stereocenters. The van der Waals surface area contributed by atoms with Gasteiger partial charge in [0.05, 0.1) is 16.9 Å². The molecule has 0 saturated carbocycles. The molecule has 0 bridgehead atoms. The minimum atomic E-state index is -0.713. The Morgan fingerprint density at radius 2 is 2.00 bits per heavy atom. The van der Waals surface area contributed by atoms with Crippen molar-refractivity contribution >= 4 is 28.1 Å². The second-order valence-corrected chi connectivity index (χ2v) is 6.25. The third kappa shape index (κ3) is 3.63. The number of rotatable bonds is 5. The van der Waals surface area contributed by atoms with Crippen molar-refractivity contribution in [3.8, 4) is 11.8 Å². The predicted molar refractivity (Wildman–Crippen MR) is 103 cm³/mol. The molecule has 3 aromatic carbocycles. The average molecular weight is 367 g/mol. The lowest BCUT2D eigenvalue weighted by Gasteiger charge is -2.19. The van der Waals surface area contributed by atoms with E-state index in [0.29, 0.717) is 22.8 Å². The molecule has 1 N–H and O–H groups in total. The van der Waals surface area contributed by atoms with Crippen LogP contribution in [0.25, 0.3) is 10.8 Å². The summed E-state index contributed by atoms with van der Waals surface area (Å²) in [5, 5.41) is 14.6. The first-order chi connectivity index (χ1) is 12.5. The number of nitrogens with zero attached hydrogens (tertiary/aromatic N) is 1. The maximum atomic E-state index is 13.4. The Bertz CT molecular complexity index is 1030. The van der Waals surface area contributed by atoms with E-state index in [4.69, 9.17) is 16.3 Å². The van der Waals surface area contributed by atoms with Gasteiger partial charge in [0.25, 0.3) is 0 Å². The molecule has 3 rings (SSSR count). The first-order valence-electron chi connectivity index (χ1n) is 7.96. The Morgan fingerprint density at radius 1 is 1.23 bits per heavy atom. The van der Waals surface area contributed by atoms with Gasteiger partial charge in [-0.05, 0) is 30.5 Å². The molecule has 5 heteroatoms. The zero-order valence-electron chi connectivity index (χ0n) is 14.1. The molecule has 0 aliphatic heterocycles. The zero-order valence-corrected chi connectivity index (χ0v) is 14.8. The van der Waals surface area contributed by atoms with Gasteiger partial charge in [-0.25, -0.2) is 4.39 Å². The molecular formula is C21H16ClFN2O. The highest BCUT2D eigenvalue weighted by atomic mass is 35.5. The quantitative estimate of drug-likeness (QED) is 0.545. The number of ether oxygens (including phenoxy) is 1. The van der Waals surface area contributed by atoms with E-state index in [0.717, 1.165) is 10.8 Å². The molecule has 3 aromatic rings. The van der Waals surface area contributed by atoms with Crippen LogP contribution < -0.4 is 10.1 Å². The van der Waals surface area contributed by atoms with Crippen LogP contribution in [-0.2, 0) is 0 Å².